The Bertz CT molecular complexity index is 570. The zero-order valence-electron chi connectivity index (χ0n) is 10.8. The summed E-state index contributed by atoms with van der Waals surface area (Å²) < 4.78 is 0. The predicted octanol–water partition coefficient (Wildman–Crippen LogP) is 2.83. The highest BCUT2D eigenvalue weighted by atomic mass is 35.5. The lowest BCUT2D eigenvalue weighted by Crippen LogP contribution is -2.40. The number of hydrogen-bond acceptors (Lipinski definition) is 4. The van der Waals surface area contributed by atoms with Crippen LogP contribution >= 0.6 is 22.9 Å². The molecular formula is C13H14ClN3O2S. The highest BCUT2D eigenvalue weighted by Crippen LogP contribution is 2.24. The van der Waals surface area contributed by atoms with Crippen LogP contribution < -0.4 is 10.6 Å². The second-order valence-corrected chi connectivity index (χ2v) is 5.76. The van der Waals surface area contributed by atoms with Gasteiger partial charge in [-0.2, -0.15) is 0 Å². The largest absolute Gasteiger partial charge is 0.383 e. The molecule has 2 rings (SSSR count). The minimum atomic E-state index is -1.09. The molecule has 5 nitrogen and oxygen atoms in total. The lowest BCUT2D eigenvalue weighted by molar-refractivity contribution is 0.0637. The number of aliphatic hydroxyl groups is 1. The van der Waals surface area contributed by atoms with E-state index in [9.17, 15) is 9.90 Å². The van der Waals surface area contributed by atoms with Gasteiger partial charge < -0.3 is 15.7 Å². The Morgan fingerprint density at radius 2 is 2.30 bits per heavy atom. The van der Waals surface area contributed by atoms with Crippen LogP contribution in [0.4, 0.5) is 10.5 Å². The summed E-state index contributed by atoms with van der Waals surface area (Å²) in [6.07, 6.45) is 1.46. The number of nitrogens with zero attached hydrogens (tertiary/aromatic N) is 1. The summed E-state index contributed by atoms with van der Waals surface area (Å²) in [5.41, 5.74) is -0.563. The van der Waals surface area contributed by atoms with Crippen molar-refractivity contribution in [2.75, 3.05) is 11.9 Å². The van der Waals surface area contributed by atoms with Crippen molar-refractivity contribution in [2.45, 2.75) is 12.5 Å². The molecule has 1 unspecified atom stereocenters. The summed E-state index contributed by atoms with van der Waals surface area (Å²) >= 11 is 7.10. The molecule has 0 aliphatic heterocycles. The normalized spacial score (nSPS) is 13.6. The molecule has 2 aromatic heterocycles. The number of urea groups is 1. The van der Waals surface area contributed by atoms with Crippen molar-refractivity contribution in [1.29, 1.82) is 0 Å². The lowest BCUT2D eigenvalue weighted by Gasteiger charge is -2.22. The van der Waals surface area contributed by atoms with Gasteiger partial charge in [0, 0.05) is 4.88 Å². The molecule has 0 aliphatic rings. The molecule has 0 fully saturated rings. The van der Waals surface area contributed by atoms with Crippen molar-refractivity contribution in [3.8, 4) is 0 Å². The third-order valence-electron chi connectivity index (χ3n) is 2.63. The fourth-order valence-electron chi connectivity index (χ4n) is 1.55. The zero-order valence-corrected chi connectivity index (χ0v) is 12.3. The Morgan fingerprint density at radius 3 is 2.90 bits per heavy atom. The third kappa shape index (κ3) is 3.93. The number of pyridine rings is 1. The molecule has 0 spiro atoms. The van der Waals surface area contributed by atoms with E-state index in [4.69, 9.17) is 11.6 Å². The van der Waals surface area contributed by atoms with Crippen molar-refractivity contribution in [3.05, 3.63) is 45.9 Å². The average molecular weight is 312 g/mol. The van der Waals surface area contributed by atoms with Gasteiger partial charge in [-0.05, 0) is 30.5 Å². The first-order valence-electron chi connectivity index (χ1n) is 5.90. The number of thiophene rings is 1. The Kier molecular flexibility index (Phi) is 4.59. The third-order valence-corrected chi connectivity index (χ3v) is 3.98. The molecular weight excluding hydrogens is 298 g/mol. The van der Waals surface area contributed by atoms with Gasteiger partial charge in [-0.15, -0.1) is 11.3 Å². The first-order chi connectivity index (χ1) is 9.47. The number of carbonyl (C=O) groups excluding carboxylic acids is 1. The molecule has 0 aliphatic carbocycles. The van der Waals surface area contributed by atoms with Crippen LogP contribution in [0.25, 0.3) is 0 Å². The van der Waals surface area contributed by atoms with Crippen LogP contribution in [0.3, 0.4) is 0 Å². The second-order valence-electron chi connectivity index (χ2n) is 4.43. The molecule has 0 radical (unpaired) electrons. The number of amides is 2. The van der Waals surface area contributed by atoms with E-state index in [0.29, 0.717) is 10.8 Å². The molecule has 0 saturated carbocycles. The van der Waals surface area contributed by atoms with Crippen molar-refractivity contribution in [1.82, 2.24) is 10.3 Å². The van der Waals surface area contributed by atoms with Gasteiger partial charge in [0.15, 0.2) is 0 Å². The molecule has 2 aromatic rings. The summed E-state index contributed by atoms with van der Waals surface area (Å²) in [6, 6.07) is 6.50. The van der Waals surface area contributed by atoms with E-state index in [0.717, 1.165) is 4.88 Å². The maximum absolute atomic E-state index is 11.7. The molecule has 0 saturated heterocycles. The lowest BCUT2D eigenvalue weighted by atomic mass is 10.1. The Morgan fingerprint density at radius 1 is 1.50 bits per heavy atom. The average Bonchev–Trinajstić information content (AvgIpc) is 2.94. The summed E-state index contributed by atoms with van der Waals surface area (Å²) in [7, 11) is 0. The molecule has 2 amide bonds. The molecule has 20 heavy (non-hydrogen) atoms. The smallest absolute Gasteiger partial charge is 0.319 e. The topological polar surface area (TPSA) is 74.2 Å². The number of aromatic nitrogens is 1. The van der Waals surface area contributed by atoms with E-state index in [1.165, 1.54) is 17.5 Å². The van der Waals surface area contributed by atoms with E-state index in [1.54, 1.807) is 19.1 Å². The minimum absolute atomic E-state index is 0.111. The fourth-order valence-corrected chi connectivity index (χ4v) is 2.45. The maximum Gasteiger partial charge on any atom is 0.319 e. The molecule has 3 N–H and O–H groups in total. The Balaban J connectivity index is 1.88. The van der Waals surface area contributed by atoms with E-state index >= 15 is 0 Å². The molecule has 7 heteroatoms. The van der Waals surface area contributed by atoms with Gasteiger partial charge in [-0.1, -0.05) is 17.7 Å². The number of anilines is 1. The molecule has 0 bridgehead atoms. The SMILES string of the molecule is CC(O)(CNC(=O)Nc1ccc(Cl)nc1)c1cccs1. The van der Waals surface area contributed by atoms with Crippen LogP contribution in [0.15, 0.2) is 35.8 Å². The van der Waals surface area contributed by atoms with Crippen molar-refractivity contribution < 1.29 is 9.90 Å². The summed E-state index contributed by atoms with van der Waals surface area (Å²) in [4.78, 5) is 16.4. The van der Waals surface area contributed by atoms with E-state index in [2.05, 4.69) is 15.6 Å². The van der Waals surface area contributed by atoms with Crippen LogP contribution in [0, 0.1) is 0 Å². The number of halogens is 1. The van der Waals surface area contributed by atoms with E-state index < -0.39 is 11.6 Å². The zero-order chi connectivity index (χ0) is 14.6. The second kappa shape index (κ2) is 6.21. The molecule has 2 heterocycles. The highest BCUT2D eigenvalue weighted by Gasteiger charge is 2.24. The van der Waals surface area contributed by atoms with Gasteiger partial charge in [0.25, 0.3) is 0 Å². The summed E-state index contributed by atoms with van der Waals surface area (Å²) in [5.74, 6) is 0. The maximum atomic E-state index is 11.7. The van der Waals surface area contributed by atoms with Crippen LogP contribution in [0.5, 0.6) is 0 Å². The van der Waals surface area contributed by atoms with Gasteiger partial charge in [-0.25, -0.2) is 9.78 Å². The van der Waals surface area contributed by atoms with Crippen molar-refractivity contribution in [2.24, 2.45) is 0 Å². The summed E-state index contributed by atoms with van der Waals surface area (Å²) in [5, 5.41) is 17.7. The number of rotatable bonds is 4. The number of hydrogen-bond donors (Lipinski definition) is 3. The Hall–Kier alpha value is -1.63. The molecule has 106 valence electrons. The van der Waals surface area contributed by atoms with Gasteiger partial charge in [0.2, 0.25) is 0 Å². The number of nitrogens with one attached hydrogen (secondary N) is 2. The molecule has 0 aromatic carbocycles. The van der Waals surface area contributed by atoms with Crippen LogP contribution in [0.1, 0.15) is 11.8 Å². The quantitative estimate of drug-likeness (QED) is 0.760. The highest BCUT2D eigenvalue weighted by molar-refractivity contribution is 7.10. The van der Waals surface area contributed by atoms with Crippen LogP contribution in [0.2, 0.25) is 5.15 Å². The predicted molar refractivity (Wildman–Crippen MR) is 80.2 cm³/mol. The van der Waals surface area contributed by atoms with Gasteiger partial charge >= 0.3 is 6.03 Å². The summed E-state index contributed by atoms with van der Waals surface area (Å²) in [6.45, 7) is 1.77. The van der Waals surface area contributed by atoms with Gasteiger partial charge in [0.05, 0.1) is 18.4 Å². The van der Waals surface area contributed by atoms with E-state index in [1.807, 2.05) is 17.5 Å². The Labute approximate surface area is 125 Å². The standard InChI is InChI=1S/C13H14ClN3O2S/c1-13(19,10-3-2-6-20-10)8-16-12(18)17-9-4-5-11(14)15-7-9/h2-7,19H,8H2,1H3,(H2,16,17,18). The first kappa shape index (κ1) is 14.8. The van der Waals surface area contributed by atoms with Crippen molar-refractivity contribution >= 4 is 34.7 Å². The van der Waals surface area contributed by atoms with Crippen molar-refractivity contribution in [3.63, 3.8) is 0 Å². The van der Waals surface area contributed by atoms with E-state index in [-0.39, 0.29) is 6.54 Å². The number of carbonyl (C=O) groups is 1. The monoisotopic (exact) mass is 311 g/mol. The minimum Gasteiger partial charge on any atom is -0.383 e. The molecule has 1 atom stereocenters. The first-order valence-corrected chi connectivity index (χ1v) is 7.16. The van der Waals surface area contributed by atoms with Crippen LogP contribution in [-0.2, 0) is 5.60 Å². The van der Waals surface area contributed by atoms with Gasteiger partial charge in [0.1, 0.15) is 10.8 Å². The van der Waals surface area contributed by atoms with Crippen LogP contribution in [-0.4, -0.2) is 22.7 Å². The fraction of sp³-hybridized carbons (Fsp3) is 0.231. The van der Waals surface area contributed by atoms with Gasteiger partial charge in [-0.3, -0.25) is 0 Å².